The Hall–Kier alpha value is -2.27. The lowest BCUT2D eigenvalue weighted by Crippen LogP contribution is -2.56. The van der Waals surface area contributed by atoms with Crippen molar-refractivity contribution < 1.29 is 18.0 Å². The highest BCUT2D eigenvalue weighted by molar-refractivity contribution is 7.91. The number of para-hydroxylation sites is 1. The van der Waals surface area contributed by atoms with Gasteiger partial charge in [0.2, 0.25) is 11.8 Å². The third-order valence-corrected chi connectivity index (χ3v) is 8.61. The molecule has 2 aromatic rings. The predicted molar refractivity (Wildman–Crippen MR) is 131 cm³/mol. The van der Waals surface area contributed by atoms with Crippen LogP contribution < -0.4 is 10.0 Å². The Morgan fingerprint density at radius 1 is 1.03 bits per heavy atom. The molecular weight excluding hydrogens is 460 g/mol. The van der Waals surface area contributed by atoms with Crippen LogP contribution in [0.15, 0.2) is 39.9 Å². The van der Waals surface area contributed by atoms with Crippen LogP contribution in [0.25, 0.3) is 0 Å². The summed E-state index contributed by atoms with van der Waals surface area (Å²) in [7, 11) is -3.75. The van der Waals surface area contributed by atoms with Crippen molar-refractivity contribution in [1.29, 1.82) is 0 Å². The van der Waals surface area contributed by atoms with Gasteiger partial charge in [0.05, 0.1) is 6.54 Å². The fourth-order valence-corrected chi connectivity index (χ4v) is 6.18. The van der Waals surface area contributed by atoms with Crippen LogP contribution in [0.1, 0.15) is 25.0 Å². The van der Waals surface area contributed by atoms with Gasteiger partial charge in [0, 0.05) is 31.9 Å². The first-order chi connectivity index (χ1) is 15.6. The molecule has 3 rings (SSSR count). The Morgan fingerprint density at radius 2 is 1.67 bits per heavy atom. The third kappa shape index (κ3) is 6.41. The van der Waals surface area contributed by atoms with Crippen molar-refractivity contribution in [3.8, 4) is 0 Å². The van der Waals surface area contributed by atoms with Gasteiger partial charge >= 0.3 is 0 Å². The molecule has 10 heteroatoms. The molecule has 1 aromatic carbocycles. The van der Waals surface area contributed by atoms with Crippen molar-refractivity contribution in [3.05, 3.63) is 46.8 Å². The van der Waals surface area contributed by atoms with Gasteiger partial charge in [-0.05, 0) is 42.3 Å². The summed E-state index contributed by atoms with van der Waals surface area (Å²) in [6, 6.07) is 8.24. The van der Waals surface area contributed by atoms with Crippen molar-refractivity contribution in [3.63, 3.8) is 0 Å². The van der Waals surface area contributed by atoms with E-state index < -0.39 is 16.1 Å². The molecular formula is C23H32N4O4S2. The maximum atomic E-state index is 13.1. The van der Waals surface area contributed by atoms with Crippen LogP contribution in [-0.2, 0) is 19.6 Å². The normalized spacial score (nSPS) is 16.1. The summed E-state index contributed by atoms with van der Waals surface area (Å²) in [6.45, 7) is 9.81. The standard InChI is InChI=1S/C23H32N4O4S2/c1-16(2)21(25-33(30,31)20-9-6-14-32-20)23(29)27-12-10-26(11-13-27)15-19(28)24-22-17(3)7-5-8-18(22)4/h5-9,14,16,21,25H,10-13,15H2,1-4H3,(H,24,28). The maximum Gasteiger partial charge on any atom is 0.250 e. The van der Waals surface area contributed by atoms with Crippen molar-refractivity contribution in [2.45, 2.75) is 37.9 Å². The number of anilines is 1. The van der Waals surface area contributed by atoms with Crippen molar-refractivity contribution in [2.24, 2.45) is 5.92 Å². The van der Waals surface area contributed by atoms with Gasteiger partial charge in [0.25, 0.3) is 10.0 Å². The molecule has 1 fully saturated rings. The molecule has 0 aliphatic carbocycles. The zero-order valence-electron chi connectivity index (χ0n) is 19.5. The van der Waals surface area contributed by atoms with Gasteiger partial charge < -0.3 is 10.2 Å². The summed E-state index contributed by atoms with van der Waals surface area (Å²) >= 11 is 1.12. The van der Waals surface area contributed by atoms with Crippen LogP contribution in [0.2, 0.25) is 0 Å². The molecule has 2 heterocycles. The van der Waals surface area contributed by atoms with Gasteiger partial charge in [-0.1, -0.05) is 38.1 Å². The molecule has 1 aromatic heterocycles. The Kier molecular flexibility index (Phi) is 8.28. The van der Waals surface area contributed by atoms with Gasteiger partial charge in [-0.15, -0.1) is 11.3 Å². The minimum Gasteiger partial charge on any atom is -0.339 e. The highest BCUT2D eigenvalue weighted by Crippen LogP contribution is 2.20. The summed E-state index contributed by atoms with van der Waals surface area (Å²) < 4.78 is 28.1. The molecule has 2 N–H and O–H groups in total. The zero-order valence-corrected chi connectivity index (χ0v) is 21.1. The van der Waals surface area contributed by atoms with E-state index in [4.69, 9.17) is 0 Å². The van der Waals surface area contributed by atoms with E-state index in [1.807, 2.05) is 50.8 Å². The minimum atomic E-state index is -3.75. The van der Waals surface area contributed by atoms with E-state index in [9.17, 15) is 18.0 Å². The molecule has 8 nitrogen and oxygen atoms in total. The number of benzene rings is 1. The van der Waals surface area contributed by atoms with Crippen LogP contribution in [-0.4, -0.2) is 68.8 Å². The number of thiophene rings is 1. The van der Waals surface area contributed by atoms with E-state index in [0.29, 0.717) is 26.2 Å². The highest BCUT2D eigenvalue weighted by Gasteiger charge is 2.33. The third-order valence-electron chi connectivity index (χ3n) is 5.77. The number of nitrogens with zero attached hydrogens (tertiary/aromatic N) is 2. The van der Waals surface area contributed by atoms with Gasteiger partial charge in [-0.3, -0.25) is 14.5 Å². The molecule has 0 spiro atoms. The average molecular weight is 493 g/mol. The topological polar surface area (TPSA) is 98.8 Å². The van der Waals surface area contributed by atoms with E-state index >= 15 is 0 Å². The number of carbonyl (C=O) groups excluding carboxylic acids is 2. The number of aryl methyl sites for hydroxylation is 2. The monoisotopic (exact) mass is 492 g/mol. The molecule has 0 saturated carbocycles. The van der Waals surface area contributed by atoms with Crippen LogP contribution >= 0.6 is 11.3 Å². The van der Waals surface area contributed by atoms with Gasteiger partial charge in [0.1, 0.15) is 10.3 Å². The van der Waals surface area contributed by atoms with Crippen LogP contribution in [0.5, 0.6) is 0 Å². The molecule has 1 saturated heterocycles. The molecule has 0 radical (unpaired) electrons. The molecule has 2 amide bonds. The SMILES string of the molecule is Cc1cccc(C)c1NC(=O)CN1CCN(C(=O)C(NS(=O)(=O)c2cccs2)C(C)C)CC1. The summed E-state index contributed by atoms with van der Waals surface area (Å²) in [5.41, 5.74) is 2.88. The van der Waals surface area contributed by atoms with Gasteiger partial charge in [-0.2, -0.15) is 4.72 Å². The molecule has 180 valence electrons. The largest absolute Gasteiger partial charge is 0.339 e. The second-order valence-electron chi connectivity index (χ2n) is 8.69. The lowest BCUT2D eigenvalue weighted by Gasteiger charge is -2.37. The quantitative estimate of drug-likeness (QED) is 0.590. The van der Waals surface area contributed by atoms with Crippen LogP contribution in [0, 0.1) is 19.8 Å². The number of carbonyl (C=O) groups is 2. The average Bonchev–Trinajstić information content (AvgIpc) is 3.31. The van der Waals surface area contributed by atoms with Crippen molar-refractivity contribution in [1.82, 2.24) is 14.5 Å². The Labute approximate surface area is 200 Å². The molecule has 1 unspecified atom stereocenters. The summed E-state index contributed by atoms with van der Waals surface area (Å²) in [6.07, 6.45) is 0. The maximum absolute atomic E-state index is 13.1. The van der Waals surface area contributed by atoms with Gasteiger partial charge in [0.15, 0.2) is 0 Å². The summed E-state index contributed by atoms with van der Waals surface area (Å²) in [5.74, 6) is -0.519. The molecule has 1 atom stereocenters. The van der Waals surface area contributed by atoms with Crippen LogP contribution in [0.4, 0.5) is 5.69 Å². The smallest absolute Gasteiger partial charge is 0.250 e. The van der Waals surface area contributed by atoms with Crippen molar-refractivity contribution >= 4 is 38.9 Å². The van der Waals surface area contributed by atoms with E-state index in [2.05, 4.69) is 10.0 Å². The first-order valence-electron chi connectivity index (χ1n) is 11.0. The molecule has 33 heavy (non-hydrogen) atoms. The van der Waals surface area contributed by atoms with Gasteiger partial charge in [-0.25, -0.2) is 8.42 Å². The Morgan fingerprint density at radius 3 is 2.21 bits per heavy atom. The first kappa shape index (κ1) is 25.4. The summed E-state index contributed by atoms with van der Waals surface area (Å²) in [4.78, 5) is 29.4. The minimum absolute atomic E-state index is 0.0871. The Balaban J connectivity index is 1.55. The fraction of sp³-hybridized carbons (Fsp3) is 0.478. The molecule has 1 aliphatic heterocycles. The van der Waals surface area contributed by atoms with E-state index in [1.54, 1.807) is 16.3 Å². The number of hydrogen-bond donors (Lipinski definition) is 2. The second-order valence-corrected chi connectivity index (χ2v) is 11.6. The molecule has 1 aliphatic rings. The number of rotatable bonds is 8. The predicted octanol–water partition coefficient (Wildman–Crippen LogP) is 2.45. The number of hydrogen-bond acceptors (Lipinski definition) is 6. The van der Waals surface area contributed by atoms with Crippen molar-refractivity contribution in [2.75, 3.05) is 38.0 Å². The number of nitrogens with one attached hydrogen (secondary N) is 2. The highest BCUT2D eigenvalue weighted by atomic mass is 32.2. The number of amides is 2. The lowest BCUT2D eigenvalue weighted by molar-refractivity contribution is -0.135. The summed E-state index contributed by atoms with van der Waals surface area (Å²) in [5, 5.41) is 4.69. The van der Waals surface area contributed by atoms with Crippen LogP contribution in [0.3, 0.4) is 0 Å². The van der Waals surface area contributed by atoms with E-state index in [0.717, 1.165) is 28.2 Å². The number of sulfonamides is 1. The van der Waals surface area contributed by atoms with E-state index in [-0.39, 0.29) is 28.5 Å². The second kappa shape index (κ2) is 10.8. The lowest BCUT2D eigenvalue weighted by atomic mass is 10.0. The fourth-order valence-electron chi connectivity index (χ4n) is 3.83. The molecule has 0 bridgehead atoms. The number of piperazine rings is 1. The Bertz CT molecular complexity index is 1060. The van der Waals surface area contributed by atoms with E-state index in [1.165, 1.54) is 6.07 Å². The first-order valence-corrected chi connectivity index (χ1v) is 13.4. The zero-order chi connectivity index (χ0) is 24.2.